The fraction of sp³-hybridized carbons (Fsp3) is 0.278. The summed E-state index contributed by atoms with van der Waals surface area (Å²) in [5, 5.41) is 9.25. The number of hydrogen-bond acceptors (Lipinski definition) is 7. The Morgan fingerprint density at radius 1 is 1.00 bits per heavy atom. The van der Waals surface area contributed by atoms with Crippen LogP contribution in [0.25, 0.3) is 23.1 Å². The third-order valence-corrected chi connectivity index (χ3v) is 4.65. The van der Waals surface area contributed by atoms with Crippen LogP contribution in [-0.4, -0.2) is 47.6 Å². The predicted octanol–water partition coefficient (Wildman–Crippen LogP) is 2.02. The molecule has 1 fully saturated rings. The summed E-state index contributed by atoms with van der Waals surface area (Å²) in [7, 11) is 0. The second-order valence-electron chi connectivity index (χ2n) is 6.61. The first-order valence-electron chi connectivity index (χ1n) is 8.90. The van der Waals surface area contributed by atoms with Crippen LogP contribution in [0.3, 0.4) is 0 Å². The molecule has 2 aliphatic rings. The molecule has 9 heteroatoms. The first kappa shape index (κ1) is 14.7. The zero-order valence-corrected chi connectivity index (χ0v) is 14.3. The zero-order chi connectivity index (χ0) is 17.8. The van der Waals surface area contributed by atoms with Gasteiger partial charge in [-0.3, -0.25) is 0 Å². The quantitative estimate of drug-likeness (QED) is 0.551. The largest absolute Gasteiger partial charge is 0.486 e. The third kappa shape index (κ3) is 2.42. The minimum atomic E-state index is 0.414. The van der Waals surface area contributed by atoms with Gasteiger partial charge >= 0.3 is 0 Å². The van der Waals surface area contributed by atoms with E-state index in [1.165, 1.54) is 0 Å². The summed E-state index contributed by atoms with van der Waals surface area (Å²) in [6, 6.07) is 7.56. The van der Waals surface area contributed by atoms with Crippen LogP contribution in [0.5, 0.6) is 11.5 Å². The van der Waals surface area contributed by atoms with E-state index in [-0.39, 0.29) is 0 Å². The van der Waals surface area contributed by atoms with Gasteiger partial charge in [0.2, 0.25) is 11.6 Å². The van der Waals surface area contributed by atoms with E-state index in [1.807, 2.05) is 30.5 Å². The Morgan fingerprint density at radius 3 is 2.74 bits per heavy atom. The zero-order valence-electron chi connectivity index (χ0n) is 14.3. The van der Waals surface area contributed by atoms with Crippen molar-refractivity contribution in [1.82, 2.24) is 34.3 Å². The molecule has 0 atom stereocenters. The number of nitrogens with zero attached hydrogens (tertiary/aromatic N) is 7. The number of rotatable bonds is 3. The Morgan fingerprint density at radius 2 is 1.89 bits per heavy atom. The van der Waals surface area contributed by atoms with Gasteiger partial charge in [-0.05, 0) is 31.0 Å². The molecule has 0 bridgehead atoms. The Kier molecular flexibility index (Phi) is 2.99. The van der Waals surface area contributed by atoms with Gasteiger partial charge in [-0.15, -0.1) is 5.10 Å². The third-order valence-electron chi connectivity index (χ3n) is 4.65. The molecule has 0 saturated heterocycles. The smallest absolute Gasteiger partial charge is 0.252 e. The Balaban J connectivity index is 1.52. The highest BCUT2D eigenvalue weighted by molar-refractivity contribution is 5.55. The monoisotopic (exact) mass is 361 g/mol. The summed E-state index contributed by atoms with van der Waals surface area (Å²) in [5.41, 5.74) is 0.834. The van der Waals surface area contributed by atoms with E-state index >= 15 is 0 Å². The van der Waals surface area contributed by atoms with Crippen LogP contribution in [0.1, 0.15) is 24.6 Å². The maximum atomic E-state index is 5.71. The molecule has 1 aliphatic heterocycles. The molecule has 1 saturated carbocycles. The van der Waals surface area contributed by atoms with E-state index in [0.717, 1.165) is 30.1 Å². The van der Waals surface area contributed by atoms with E-state index in [2.05, 4.69) is 15.1 Å². The van der Waals surface area contributed by atoms with E-state index < -0.39 is 0 Å². The van der Waals surface area contributed by atoms with Gasteiger partial charge in [0.1, 0.15) is 13.2 Å². The molecule has 134 valence electrons. The van der Waals surface area contributed by atoms with Crippen molar-refractivity contribution in [2.24, 2.45) is 0 Å². The van der Waals surface area contributed by atoms with Crippen LogP contribution in [0, 0.1) is 0 Å². The van der Waals surface area contributed by atoms with E-state index in [1.54, 1.807) is 15.4 Å². The van der Waals surface area contributed by atoms with Crippen molar-refractivity contribution in [1.29, 1.82) is 0 Å². The van der Waals surface area contributed by atoms with Crippen LogP contribution in [-0.2, 0) is 0 Å². The molecular formula is C18H15N7O2. The van der Waals surface area contributed by atoms with Crippen LogP contribution in [0.4, 0.5) is 0 Å². The molecule has 1 aliphatic carbocycles. The van der Waals surface area contributed by atoms with Crippen LogP contribution < -0.4 is 9.47 Å². The molecule has 0 N–H and O–H groups in total. The number of aromatic nitrogens is 7. The van der Waals surface area contributed by atoms with Crippen molar-refractivity contribution in [3.05, 3.63) is 42.5 Å². The summed E-state index contributed by atoms with van der Waals surface area (Å²) in [6.07, 6.45) is 5.73. The van der Waals surface area contributed by atoms with E-state index in [9.17, 15) is 0 Å². The summed E-state index contributed by atoms with van der Waals surface area (Å²) < 4.78 is 14.7. The van der Waals surface area contributed by atoms with Gasteiger partial charge in [0.25, 0.3) is 5.78 Å². The molecule has 4 aromatic rings. The minimum Gasteiger partial charge on any atom is -0.486 e. The molecule has 4 heterocycles. The molecule has 27 heavy (non-hydrogen) atoms. The number of hydrogen-bond donors (Lipinski definition) is 0. The van der Waals surface area contributed by atoms with Gasteiger partial charge < -0.3 is 9.47 Å². The average molecular weight is 361 g/mol. The van der Waals surface area contributed by atoms with Crippen molar-refractivity contribution < 1.29 is 9.47 Å². The van der Waals surface area contributed by atoms with Gasteiger partial charge in [0.15, 0.2) is 17.3 Å². The number of ether oxygens (including phenoxy) is 2. The summed E-state index contributed by atoms with van der Waals surface area (Å²) in [4.78, 5) is 13.5. The standard InChI is InChI=1S/C18H15N7O2/c1-6-19-18-21-16(22-24(18)7-1)17-20-15(11-2-3-11)23-25(17)12-4-5-13-14(10-12)27-9-8-26-13/h1,4-7,10-11H,2-3,8-9H2. The van der Waals surface area contributed by atoms with Crippen molar-refractivity contribution >= 4 is 5.78 Å². The summed E-state index contributed by atoms with van der Waals surface area (Å²) >= 11 is 0. The SMILES string of the molecule is c1cnc2nc(-c3nc(C4CC4)nn3-c3ccc4c(c3)OCCO4)nn2c1. The van der Waals surface area contributed by atoms with Gasteiger partial charge in [-0.25, -0.2) is 19.2 Å². The molecule has 1 aromatic carbocycles. The fourth-order valence-corrected chi connectivity index (χ4v) is 3.16. The molecule has 3 aromatic heterocycles. The number of fused-ring (bicyclic) bond motifs is 2. The van der Waals surface area contributed by atoms with Gasteiger partial charge in [-0.1, -0.05) is 0 Å². The Hall–Kier alpha value is -3.49. The topological polar surface area (TPSA) is 92.2 Å². The minimum absolute atomic E-state index is 0.414. The maximum absolute atomic E-state index is 5.71. The molecular weight excluding hydrogens is 346 g/mol. The predicted molar refractivity (Wildman–Crippen MR) is 94.1 cm³/mol. The van der Waals surface area contributed by atoms with Crippen LogP contribution in [0.15, 0.2) is 36.7 Å². The van der Waals surface area contributed by atoms with Gasteiger partial charge in [0, 0.05) is 24.4 Å². The van der Waals surface area contributed by atoms with Crippen LogP contribution in [0.2, 0.25) is 0 Å². The number of benzene rings is 1. The highest BCUT2D eigenvalue weighted by Crippen LogP contribution is 2.39. The fourth-order valence-electron chi connectivity index (χ4n) is 3.16. The first-order chi connectivity index (χ1) is 13.3. The normalized spacial score (nSPS) is 16.0. The van der Waals surface area contributed by atoms with E-state index in [4.69, 9.17) is 19.6 Å². The molecule has 0 unspecified atom stereocenters. The van der Waals surface area contributed by atoms with E-state index in [0.29, 0.717) is 42.3 Å². The Bertz CT molecular complexity index is 1130. The molecule has 0 radical (unpaired) electrons. The first-order valence-corrected chi connectivity index (χ1v) is 8.90. The van der Waals surface area contributed by atoms with Crippen molar-refractivity contribution in [3.8, 4) is 28.8 Å². The second kappa shape index (κ2) is 5.50. The second-order valence-corrected chi connectivity index (χ2v) is 6.61. The lowest BCUT2D eigenvalue weighted by Gasteiger charge is -2.18. The molecule has 6 rings (SSSR count). The Labute approximate surface area is 153 Å². The van der Waals surface area contributed by atoms with Gasteiger partial charge in [-0.2, -0.15) is 10.1 Å². The highest BCUT2D eigenvalue weighted by atomic mass is 16.6. The van der Waals surface area contributed by atoms with Crippen molar-refractivity contribution in [2.75, 3.05) is 13.2 Å². The molecule has 0 amide bonds. The maximum Gasteiger partial charge on any atom is 0.252 e. The van der Waals surface area contributed by atoms with Crippen molar-refractivity contribution in [3.63, 3.8) is 0 Å². The lowest BCUT2D eigenvalue weighted by molar-refractivity contribution is 0.171. The molecule has 9 nitrogen and oxygen atoms in total. The average Bonchev–Trinajstić information content (AvgIpc) is 3.32. The van der Waals surface area contributed by atoms with Crippen LogP contribution >= 0.6 is 0 Å². The lowest BCUT2D eigenvalue weighted by Crippen LogP contribution is -2.15. The van der Waals surface area contributed by atoms with Crippen molar-refractivity contribution in [2.45, 2.75) is 18.8 Å². The molecule has 0 spiro atoms. The summed E-state index contributed by atoms with van der Waals surface area (Å²) in [6.45, 7) is 1.10. The lowest BCUT2D eigenvalue weighted by atomic mass is 10.2. The summed E-state index contributed by atoms with van der Waals surface area (Å²) in [5.74, 6) is 4.30. The van der Waals surface area contributed by atoms with Gasteiger partial charge in [0.05, 0.1) is 5.69 Å². The highest BCUT2D eigenvalue weighted by Gasteiger charge is 2.30.